The van der Waals surface area contributed by atoms with Crippen molar-refractivity contribution in [3.05, 3.63) is 65.7 Å². The van der Waals surface area contributed by atoms with Crippen molar-refractivity contribution in [3.8, 4) is 11.3 Å². The maximum Gasteiger partial charge on any atom is 0.252 e. The smallest absolute Gasteiger partial charge is 0.252 e. The summed E-state index contributed by atoms with van der Waals surface area (Å²) >= 11 is 0. The van der Waals surface area contributed by atoms with E-state index in [1.807, 2.05) is 36.4 Å². The number of carbonyl (C=O) groups excluding carboxylic acids is 1. The maximum absolute atomic E-state index is 13.3. The van der Waals surface area contributed by atoms with Gasteiger partial charge in [0.2, 0.25) is 0 Å². The van der Waals surface area contributed by atoms with Crippen LogP contribution in [0.25, 0.3) is 22.2 Å². The number of nitrogens with zero attached hydrogens (tertiary/aromatic N) is 1. The maximum atomic E-state index is 13.3. The van der Waals surface area contributed by atoms with Crippen molar-refractivity contribution >= 4 is 16.8 Å². The molecule has 3 heteroatoms. The highest BCUT2D eigenvalue weighted by atomic mass is 16.1. The van der Waals surface area contributed by atoms with Gasteiger partial charge in [-0.2, -0.15) is 0 Å². The molecule has 148 valence electrons. The Bertz CT molecular complexity index is 1070. The average Bonchev–Trinajstić information content (AvgIpc) is 3.36. The number of benzene rings is 2. The van der Waals surface area contributed by atoms with Crippen LogP contribution in [0.3, 0.4) is 0 Å². The zero-order chi connectivity index (χ0) is 20.0. The Kier molecular flexibility index (Phi) is 4.61. The van der Waals surface area contributed by atoms with Gasteiger partial charge in [-0.1, -0.05) is 48.4 Å². The molecule has 2 aliphatic rings. The molecule has 4 atom stereocenters. The van der Waals surface area contributed by atoms with Crippen LogP contribution in [0.4, 0.5) is 0 Å². The van der Waals surface area contributed by atoms with Crippen molar-refractivity contribution < 1.29 is 4.79 Å². The van der Waals surface area contributed by atoms with Crippen LogP contribution in [0, 0.1) is 24.7 Å². The van der Waals surface area contributed by atoms with Crippen molar-refractivity contribution in [1.82, 2.24) is 10.3 Å². The van der Waals surface area contributed by atoms with E-state index in [9.17, 15) is 4.79 Å². The van der Waals surface area contributed by atoms with E-state index in [-0.39, 0.29) is 11.9 Å². The second kappa shape index (κ2) is 7.29. The van der Waals surface area contributed by atoms with Gasteiger partial charge in [-0.05, 0) is 69.1 Å². The molecule has 2 fully saturated rings. The highest BCUT2D eigenvalue weighted by molar-refractivity contribution is 6.07. The molecule has 1 N–H and O–H groups in total. The Balaban J connectivity index is 1.48. The van der Waals surface area contributed by atoms with Crippen molar-refractivity contribution in [2.45, 2.75) is 45.6 Å². The van der Waals surface area contributed by atoms with Crippen LogP contribution in [0.1, 0.15) is 48.5 Å². The monoisotopic (exact) mass is 384 g/mol. The fourth-order valence-electron chi connectivity index (χ4n) is 5.61. The minimum Gasteiger partial charge on any atom is -0.349 e. The first kappa shape index (κ1) is 18.4. The first-order valence-electron chi connectivity index (χ1n) is 10.9. The quantitative estimate of drug-likeness (QED) is 0.621. The lowest BCUT2D eigenvalue weighted by Crippen LogP contribution is -2.40. The zero-order valence-electron chi connectivity index (χ0n) is 17.2. The third-order valence-electron chi connectivity index (χ3n) is 7.07. The Hall–Kier alpha value is -2.68. The van der Waals surface area contributed by atoms with E-state index in [0.717, 1.165) is 39.6 Å². The largest absolute Gasteiger partial charge is 0.349 e. The molecule has 1 aromatic heterocycles. The third kappa shape index (κ3) is 3.43. The second-order valence-electron chi connectivity index (χ2n) is 9.04. The number of carbonyl (C=O) groups is 1. The Morgan fingerprint density at radius 2 is 1.93 bits per heavy atom. The van der Waals surface area contributed by atoms with E-state index in [4.69, 9.17) is 4.98 Å². The van der Waals surface area contributed by atoms with Gasteiger partial charge in [0, 0.05) is 17.0 Å². The van der Waals surface area contributed by atoms with Gasteiger partial charge in [0.15, 0.2) is 0 Å². The normalized spacial score (nSPS) is 24.0. The summed E-state index contributed by atoms with van der Waals surface area (Å²) < 4.78 is 0. The van der Waals surface area contributed by atoms with Crippen LogP contribution in [0.15, 0.2) is 54.6 Å². The highest BCUT2D eigenvalue weighted by Crippen LogP contribution is 2.49. The summed E-state index contributed by atoms with van der Waals surface area (Å²) in [6.07, 6.45) is 5.36. The molecule has 3 nitrogen and oxygen atoms in total. The third-order valence-corrected chi connectivity index (χ3v) is 7.07. The lowest BCUT2D eigenvalue weighted by atomic mass is 9.84. The summed E-state index contributed by atoms with van der Waals surface area (Å²) in [6, 6.07) is 18.4. The lowest BCUT2D eigenvalue weighted by molar-refractivity contribution is 0.0917. The molecule has 2 aliphatic carbocycles. The SMILES string of the molecule is Cc1cccc(-c2cc(C(=O)N[C@@H](C)[C@H]3C[C@@H]4CC[C@@H]3C4)c3ccccc3n2)c1. The predicted octanol–water partition coefficient (Wildman–Crippen LogP) is 5.76. The lowest BCUT2D eigenvalue weighted by Gasteiger charge is -2.28. The summed E-state index contributed by atoms with van der Waals surface area (Å²) in [5.41, 5.74) is 4.68. The molecule has 0 saturated heterocycles. The van der Waals surface area contributed by atoms with Crippen LogP contribution >= 0.6 is 0 Å². The molecule has 0 aliphatic heterocycles. The number of amides is 1. The molecule has 5 rings (SSSR count). The summed E-state index contributed by atoms with van der Waals surface area (Å²) in [5, 5.41) is 4.26. The first-order valence-corrected chi connectivity index (χ1v) is 10.9. The molecule has 2 saturated carbocycles. The van der Waals surface area contributed by atoms with Crippen molar-refractivity contribution in [3.63, 3.8) is 0 Å². The Morgan fingerprint density at radius 3 is 2.69 bits per heavy atom. The summed E-state index contributed by atoms with van der Waals surface area (Å²) in [4.78, 5) is 18.2. The van der Waals surface area contributed by atoms with E-state index in [0.29, 0.717) is 5.92 Å². The second-order valence-corrected chi connectivity index (χ2v) is 9.04. The average molecular weight is 385 g/mol. The zero-order valence-corrected chi connectivity index (χ0v) is 17.2. The van der Waals surface area contributed by atoms with Crippen LogP contribution in [0.2, 0.25) is 0 Å². The number of nitrogens with one attached hydrogen (secondary N) is 1. The number of fused-ring (bicyclic) bond motifs is 3. The van der Waals surface area contributed by atoms with Gasteiger partial charge in [-0.3, -0.25) is 4.79 Å². The number of rotatable bonds is 4. The van der Waals surface area contributed by atoms with Gasteiger partial charge in [-0.25, -0.2) is 4.98 Å². The van der Waals surface area contributed by atoms with E-state index in [1.54, 1.807) is 0 Å². The van der Waals surface area contributed by atoms with Crippen LogP contribution < -0.4 is 5.32 Å². The molecule has 1 amide bonds. The van der Waals surface area contributed by atoms with E-state index in [1.165, 1.54) is 31.2 Å². The molecule has 2 aromatic carbocycles. The van der Waals surface area contributed by atoms with Crippen LogP contribution in [-0.2, 0) is 0 Å². The minimum absolute atomic E-state index is 0.0211. The van der Waals surface area contributed by atoms with E-state index >= 15 is 0 Å². The Morgan fingerprint density at radius 1 is 1.07 bits per heavy atom. The number of pyridine rings is 1. The number of aromatic nitrogens is 1. The van der Waals surface area contributed by atoms with Gasteiger partial charge in [0.1, 0.15) is 0 Å². The minimum atomic E-state index is 0.0211. The van der Waals surface area contributed by atoms with Crippen LogP contribution in [0.5, 0.6) is 0 Å². The summed E-state index contributed by atoms with van der Waals surface area (Å²) in [5.74, 6) is 2.33. The molecule has 1 heterocycles. The van der Waals surface area contributed by atoms with E-state index in [2.05, 4.69) is 37.4 Å². The van der Waals surface area contributed by atoms with Gasteiger partial charge < -0.3 is 5.32 Å². The van der Waals surface area contributed by atoms with Crippen LogP contribution in [-0.4, -0.2) is 16.9 Å². The predicted molar refractivity (Wildman–Crippen MR) is 118 cm³/mol. The molecule has 0 radical (unpaired) electrons. The van der Waals surface area contributed by atoms with Gasteiger partial charge in [0.25, 0.3) is 5.91 Å². The molecule has 29 heavy (non-hydrogen) atoms. The fraction of sp³-hybridized carbons (Fsp3) is 0.385. The van der Waals surface area contributed by atoms with Crippen molar-refractivity contribution in [2.24, 2.45) is 17.8 Å². The molecule has 2 bridgehead atoms. The number of para-hydroxylation sites is 1. The first-order chi connectivity index (χ1) is 14.1. The fourth-order valence-corrected chi connectivity index (χ4v) is 5.61. The van der Waals surface area contributed by atoms with Gasteiger partial charge >= 0.3 is 0 Å². The summed E-state index contributed by atoms with van der Waals surface area (Å²) in [6.45, 7) is 4.27. The van der Waals surface area contributed by atoms with Gasteiger partial charge in [0.05, 0.1) is 16.8 Å². The van der Waals surface area contributed by atoms with Gasteiger partial charge in [-0.15, -0.1) is 0 Å². The standard InChI is InChI=1S/C26H28N2O/c1-16-6-5-7-20(12-16)25-15-23(21-8-3-4-9-24(21)28-25)26(29)27-17(2)22-14-18-10-11-19(22)13-18/h3-9,12,15,17-19,22H,10-11,13-14H2,1-2H3,(H,27,29)/t17-,18+,19+,22+/m0/s1. The molecule has 3 aromatic rings. The molecule has 0 spiro atoms. The van der Waals surface area contributed by atoms with Crippen molar-refractivity contribution in [1.29, 1.82) is 0 Å². The molecule has 0 unspecified atom stereocenters. The number of aryl methyl sites for hydroxylation is 1. The highest BCUT2D eigenvalue weighted by Gasteiger charge is 2.42. The molecular formula is C26H28N2O. The van der Waals surface area contributed by atoms with Crippen molar-refractivity contribution in [2.75, 3.05) is 0 Å². The topological polar surface area (TPSA) is 42.0 Å². The molecular weight excluding hydrogens is 356 g/mol. The number of hydrogen-bond donors (Lipinski definition) is 1. The van der Waals surface area contributed by atoms with E-state index < -0.39 is 0 Å². The summed E-state index contributed by atoms with van der Waals surface area (Å²) in [7, 11) is 0. The number of hydrogen-bond acceptors (Lipinski definition) is 2. The Labute approximate surface area is 172 Å².